The van der Waals surface area contributed by atoms with Gasteiger partial charge in [-0.05, 0) is 43.9 Å². The van der Waals surface area contributed by atoms with Gasteiger partial charge in [0.15, 0.2) is 0 Å². The summed E-state index contributed by atoms with van der Waals surface area (Å²) in [7, 11) is 0. The minimum Gasteiger partial charge on any atom is -0.435 e. The summed E-state index contributed by atoms with van der Waals surface area (Å²) in [6, 6.07) is 0. The van der Waals surface area contributed by atoms with Crippen molar-refractivity contribution in [3.05, 3.63) is 0 Å². The van der Waals surface area contributed by atoms with Gasteiger partial charge in [-0.1, -0.05) is 20.8 Å². The van der Waals surface area contributed by atoms with E-state index in [-0.39, 0.29) is 6.10 Å². The molecule has 0 aromatic carbocycles. The molecule has 2 atom stereocenters. The van der Waals surface area contributed by atoms with E-state index in [1.54, 1.807) is 6.92 Å². The van der Waals surface area contributed by atoms with Gasteiger partial charge in [0, 0.05) is 0 Å². The van der Waals surface area contributed by atoms with Crippen molar-refractivity contribution in [1.82, 2.24) is 0 Å². The van der Waals surface area contributed by atoms with Crippen molar-refractivity contribution in [2.75, 3.05) is 6.61 Å². The van der Waals surface area contributed by atoms with Gasteiger partial charge >= 0.3 is 6.16 Å². The maximum Gasteiger partial charge on any atom is 0.508 e. The van der Waals surface area contributed by atoms with Crippen LogP contribution >= 0.6 is 0 Å². The topological polar surface area (TPSA) is 35.5 Å². The van der Waals surface area contributed by atoms with Gasteiger partial charge in [0.2, 0.25) is 0 Å². The smallest absolute Gasteiger partial charge is 0.435 e. The van der Waals surface area contributed by atoms with Crippen LogP contribution in [-0.2, 0) is 9.47 Å². The minimum absolute atomic E-state index is 0.0419. The van der Waals surface area contributed by atoms with E-state index >= 15 is 0 Å². The molecule has 3 nitrogen and oxygen atoms in total. The van der Waals surface area contributed by atoms with E-state index in [1.165, 1.54) is 6.42 Å². The Balaban J connectivity index is 2.47. The highest BCUT2D eigenvalue weighted by Crippen LogP contribution is 2.42. The van der Waals surface area contributed by atoms with Crippen molar-refractivity contribution in [2.45, 2.75) is 59.5 Å². The van der Waals surface area contributed by atoms with Gasteiger partial charge in [0.25, 0.3) is 0 Å². The first-order chi connectivity index (χ1) is 7.48. The van der Waals surface area contributed by atoms with E-state index in [9.17, 15) is 4.79 Å². The van der Waals surface area contributed by atoms with Gasteiger partial charge in [-0.2, -0.15) is 0 Å². The normalized spacial score (nSPS) is 30.2. The van der Waals surface area contributed by atoms with Crippen LogP contribution in [0, 0.1) is 11.3 Å². The highest BCUT2D eigenvalue weighted by atomic mass is 16.7. The molecule has 1 rings (SSSR count). The summed E-state index contributed by atoms with van der Waals surface area (Å²) in [5, 5.41) is 0. The van der Waals surface area contributed by atoms with Crippen LogP contribution in [-0.4, -0.2) is 18.9 Å². The Labute approximate surface area is 98.5 Å². The summed E-state index contributed by atoms with van der Waals surface area (Å²) in [5.74, 6) is 0.626. The first kappa shape index (κ1) is 13.3. The van der Waals surface area contributed by atoms with Gasteiger partial charge in [0.1, 0.15) is 6.10 Å². The Kier molecular flexibility index (Phi) is 4.63. The Hall–Kier alpha value is -0.730. The van der Waals surface area contributed by atoms with Crippen molar-refractivity contribution >= 4 is 6.16 Å². The first-order valence-electron chi connectivity index (χ1n) is 6.31. The Bertz CT molecular complexity index is 237. The lowest BCUT2D eigenvalue weighted by Crippen LogP contribution is -2.35. The van der Waals surface area contributed by atoms with Crippen molar-refractivity contribution in [3.8, 4) is 0 Å². The molecule has 0 spiro atoms. The molecule has 1 saturated carbocycles. The third kappa shape index (κ3) is 3.39. The molecule has 0 N–H and O–H groups in total. The monoisotopic (exact) mass is 228 g/mol. The second-order valence-corrected chi connectivity index (χ2v) is 5.33. The standard InChI is InChI=1S/C13H24O3/c1-5-15-12(14)16-11-7-6-8-13(4,9-11)10(2)3/h10-11H,5-9H2,1-4H3/t11?,13-/m1/s1. The van der Waals surface area contributed by atoms with Gasteiger partial charge in [0.05, 0.1) is 6.61 Å². The molecule has 0 aromatic rings. The number of hydrogen-bond donors (Lipinski definition) is 0. The van der Waals surface area contributed by atoms with E-state index in [0.717, 1.165) is 19.3 Å². The molecule has 0 aromatic heterocycles. The third-order valence-electron chi connectivity index (χ3n) is 3.89. The molecule has 1 unspecified atom stereocenters. The average Bonchev–Trinajstić information content (AvgIpc) is 2.17. The Morgan fingerprint density at radius 1 is 1.50 bits per heavy atom. The van der Waals surface area contributed by atoms with Crippen molar-refractivity contribution in [1.29, 1.82) is 0 Å². The number of ether oxygens (including phenoxy) is 2. The van der Waals surface area contributed by atoms with Crippen LogP contribution in [0.5, 0.6) is 0 Å². The molecule has 0 heterocycles. The molecule has 0 radical (unpaired) electrons. The van der Waals surface area contributed by atoms with Crippen LogP contribution < -0.4 is 0 Å². The van der Waals surface area contributed by atoms with Crippen LogP contribution in [0.15, 0.2) is 0 Å². The fourth-order valence-corrected chi connectivity index (χ4v) is 2.37. The SMILES string of the molecule is CCOC(=O)OC1CCC[C@@](C)(C(C)C)C1. The summed E-state index contributed by atoms with van der Waals surface area (Å²) in [6.45, 7) is 8.95. The summed E-state index contributed by atoms with van der Waals surface area (Å²) in [4.78, 5) is 11.2. The molecule has 16 heavy (non-hydrogen) atoms. The lowest BCUT2D eigenvalue weighted by molar-refractivity contribution is -0.0211. The maximum absolute atomic E-state index is 11.2. The fourth-order valence-electron chi connectivity index (χ4n) is 2.37. The van der Waals surface area contributed by atoms with Crippen molar-refractivity contribution < 1.29 is 14.3 Å². The predicted molar refractivity (Wildman–Crippen MR) is 63.3 cm³/mol. The van der Waals surface area contributed by atoms with E-state index < -0.39 is 6.16 Å². The van der Waals surface area contributed by atoms with Gasteiger partial charge in [-0.25, -0.2) is 4.79 Å². The lowest BCUT2D eigenvalue weighted by atomic mass is 9.67. The average molecular weight is 228 g/mol. The van der Waals surface area contributed by atoms with Crippen LogP contribution in [0.1, 0.15) is 53.4 Å². The summed E-state index contributed by atoms with van der Waals surface area (Å²) in [5.41, 5.74) is 0.301. The zero-order chi connectivity index (χ0) is 12.2. The zero-order valence-corrected chi connectivity index (χ0v) is 10.9. The number of carbonyl (C=O) groups excluding carboxylic acids is 1. The zero-order valence-electron chi connectivity index (χ0n) is 10.9. The van der Waals surface area contributed by atoms with E-state index in [1.807, 2.05) is 0 Å². The van der Waals surface area contributed by atoms with E-state index in [4.69, 9.17) is 9.47 Å². The summed E-state index contributed by atoms with van der Waals surface area (Å²) >= 11 is 0. The number of carbonyl (C=O) groups is 1. The maximum atomic E-state index is 11.2. The van der Waals surface area contributed by atoms with E-state index in [0.29, 0.717) is 17.9 Å². The Morgan fingerprint density at radius 2 is 2.19 bits per heavy atom. The third-order valence-corrected chi connectivity index (χ3v) is 3.89. The van der Waals surface area contributed by atoms with E-state index in [2.05, 4.69) is 20.8 Å². The van der Waals surface area contributed by atoms with Gasteiger partial charge < -0.3 is 9.47 Å². The molecule has 94 valence electrons. The predicted octanol–water partition coefficient (Wildman–Crippen LogP) is 3.76. The second-order valence-electron chi connectivity index (χ2n) is 5.33. The molecule has 3 heteroatoms. The molecule has 0 bridgehead atoms. The molecular formula is C13H24O3. The summed E-state index contributed by atoms with van der Waals surface area (Å²) in [6.07, 6.45) is 3.83. The lowest BCUT2D eigenvalue weighted by Gasteiger charge is -2.40. The highest BCUT2D eigenvalue weighted by Gasteiger charge is 2.36. The molecule has 1 aliphatic carbocycles. The fraction of sp³-hybridized carbons (Fsp3) is 0.923. The molecule has 0 saturated heterocycles. The van der Waals surface area contributed by atoms with Crippen molar-refractivity contribution in [3.63, 3.8) is 0 Å². The minimum atomic E-state index is -0.513. The molecule has 1 aliphatic rings. The van der Waals surface area contributed by atoms with Crippen LogP contribution in [0.2, 0.25) is 0 Å². The van der Waals surface area contributed by atoms with Gasteiger partial charge in [-0.15, -0.1) is 0 Å². The van der Waals surface area contributed by atoms with Crippen molar-refractivity contribution in [2.24, 2.45) is 11.3 Å². The molecule has 0 aliphatic heterocycles. The van der Waals surface area contributed by atoms with Crippen LogP contribution in [0.3, 0.4) is 0 Å². The van der Waals surface area contributed by atoms with Crippen LogP contribution in [0.4, 0.5) is 4.79 Å². The Morgan fingerprint density at radius 3 is 2.75 bits per heavy atom. The van der Waals surface area contributed by atoms with Gasteiger partial charge in [-0.3, -0.25) is 0 Å². The highest BCUT2D eigenvalue weighted by molar-refractivity contribution is 5.60. The number of rotatable bonds is 3. The quantitative estimate of drug-likeness (QED) is 0.690. The largest absolute Gasteiger partial charge is 0.508 e. The summed E-state index contributed by atoms with van der Waals surface area (Å²) < 4.78 is 10.1. The van der Waals surface area contributed by atoms with Crippen LogP contribution in [0.25, 0.3) is 0 Å². The molecule has 1 fully saturated rings. The molecular weight excluding hydrogens is 204 g/mol. The second kappa shape index (κ2) is 5.55. The molecule has 0 amide bonds. The first-order valence-corrected chi connectivity index (χ1v) is 6.31. The number of hydrogen-bond acceptors (Lipinski definition) is 3.